The smallest absolute Gasteiger partial charge is 0.310 e. The minimum absolute atomic E-state index is 0.129. The highest BCUT2D eigenvalue weighted by Crippen LogP contribution is 2.70. The molecule has 0 aromatic rings. The Hall–Kier alpha value is -0.830. The van der Waals surface area contributed by atoms with Crippen LogP contribution < -0.4 is 0 Å². The fourth-order valence-corrected chi connectivity index (χ4v) is 10.1. The molecular formula is C29H48O3. The Morgan fingerprint density at radius 1 is 0.969 bits per heavy atom. The molecule has 0 bridgehead atoms. The zero-order valence-corrected chi connectivity index (χ0v) is 21.5. The molecule has 0 amide bonds. The highest BCUT2D eigenvalue weighted by atomic mass is 16.4. The first-order valence-electron chi connectivity index (χ1n) is 13.8. The molecule has 0 radical (unpaired) electrons. The topological polar surface area (TPSA) is 57.5 Å². The SMILES string of the molecule is CC.CC1CCCC2(C(=O)O)CCC3C(=CCC4C3(C)CCC3C(C)C(O)CCC34C)C12. The van der Waals surface area contributed by atoms with Gasteiger partial charge in [-0.3, -0.25) is 4.79 Å². The summed E-state index contributed by atoms with van der Waals surface area (Å²) in [6.07, 6.45) is 13.2. The van der Waals surface area contributed by atoms with Gasteiger partial charge in [-0.2, -0.15) is 0 Å². The van der Waals surface area contributed by atoms with E-state index in [0.717, 1.165) is 44.9 Å². The number of aliphatic hydroxyl groups excluding tert-OH is 1. The van der Waals surface area contributed by atoms with Crippen LogP contribution in [-0.2, 0) is 4.79 Å². The summed E-state index contributed by atoms with van der Waals surface area (Å²) in [5, 5.41) is 20.9. The summed E-state index contributed by atoms with van der Waals surface area (Å²) in [4.78, 5) is 12.5. The Morgan fingerprint density at radius 3 is 2.34 bits per heavy atom. The zero-order chi connectivity index (χ0) is 23.5. The molecule has 0 heterocycles. The lowest BCUT2D eigenvalue weighted by Crippen LogP contribution is -2.60. The van der Waals surface area contributed by atoms with Gasteiger partial charge in [0.15, 0.2) is 0 Å². The van der Waals surface area contributed by atoms with Crippen LogP contribution in [0.3, 0.4) is 0 Å². The van der Waals surface area contributed by atoms with Crippen molar-refractivity contribution in [2.45, 2.75) is 112 Å². The minimum atomic E-state index is -0.531. The second-order valence-corrected chi connectivity index (χ2v) is 12.5. The number of rotatable bonds is 1. The Balaban J connectivity index is 0.00000119. The number of carboxylic acid groups (broad SMARTS) is 1. The number of aliphatic carboxylic acids is 1. The van der Waals surface area contributed by atoms with E-state index in [1.807, 2.05) is 13.8 Å². The van der Waals surface area contributed by atoms with Gasteiger partial charge in [-0.1, -0.05) is 66.0 Å². The zero-order valence-electron chi connectivity index (χ0n) is 21.5. The maximum Gasteiger partial charge on any atom is 0.310 e. The standard InChI is InChI=1S/C27H42O3.C2H6/c1-16-6-5-12-27(24(29)30)15-10-20-18(23(16)27)7-8-22-25(3)14-11-21(28)17(2)19(25)9-13-26(20,22)4;1-2/h7,16-17,19-23,28H,5-6,8-15H2,1-4H3,(H,29,30);1-2H3. The molecule has 3 heteroatoms. The van der Waals surface area contributed by atoms with Crippen LogP contribution in [0.2, 0.25) is 0 Å². The lowest BCUT2D eigenvalue weighted by atomic mass is 9.38. The van der Waals surface area contributed by atoms with Gasteiger partial charge in [-0.05, 0) is 97.7 Å². The van der Waals surface area contributed by atoms with Crippen molar-refractivity contribution in [2.75, 3.05) is 0 Å². The molecule has 4 saturated carbocycles. The molecule has 4 fully saturated rings. The fraction of sp³-hybridized carbons (Fsp3) is 0.897. The maximum absolute atomic E-state index is 12.5. The molecule has 182 valence electrons. The summed E-state index contributed by atoms with van der Waals surface area (Å²) >= 11 is 0. The third kappa shape index (κ3) is 3.19. The predicted octanol–water partition coefficient (Wildman–Crippen LogP) is 7.09. The fourth-order valence-electron chi connectivity index (χ4n) is 10.1. The van der Waals surface area contributed by atoms with Gasteiger partial charge < -0.3 is 10.2 Å². The van der Waals surface area contributed by atoms with E-state index in [1.54, 1.807) is 5.57 Å². The predicted molar refractivity (Wildman–Crippen MR) is 130 cm³/mol. The molecule has 10 atom stereocenters. The van der Waals surface area contributed by atoms with Crippen LogP contribution in [0.5, 0.6) is 0 Å². The van der Waals surface area contributed by atoms with Crippen molar-refractivity contribution in [3.63, 3.8) is 0 Å². The molecule has 5 aliphatic rings. The van der Waals surface area contributed by atoms with Gasteiger partial charge in [-0.15, -0.1) is 0 Å². The lowest BCUT2D eigenvalue weighted by molar-refractivity contribution is -0.170. The van der Waals surface area contributed by atoms with Crippen molar-refractivity contribution >= 4 is 5.97 Å². The summed E-state index contributed by atoms with van der Waals surface area (Å²) in [6, 6.07) is 0. The largest absolute Gasteiger partial charge is 0.481 e. The van der Waals surface area contributed by atoms with E-state index < -0.39 is 11.4 Å². The molecule has 5 rings (SSSR count). The molecule has 0 aromatic carbocycles. The van der Waals surface area contributed by atoms with E-state index in [4.69, 9.17) is 0 Å². The molecule has 0 spiro atoms. The molecule has 5 aliphatic carbocycles. The average Bonchev–Trinajstić information content (AvgIpc) is 2.77. The van der Waals surface area contributed by atoms with Crippen LogP contribution in [0.4, 0.5) is 0 Å². The number of aliphatic hydroxyl groups is 1. The summed E-state index contributed by atoms with van der Waals surface area (Å²) in [6.45, 7) is 13.7. The number of carboxylic acids is 1. The van der Waals surface area contributed by atoms with Crippen LogP contribution in [0, 0.1) is 51.8 Å². The number of hydrogen-bond donors (Lipinski definition) is 2. The van der Waals surface area contributed by atoms with Gasteiger partial charge in [0.05, 0.1) is 11.5 Å². The van der Waals surface area contributed by atoms with E-state index in [1.165, 1.54) is 19.3 Å². The Labute approximate surface area is 196 Å². The summed E-state index contributed by atoms with van der Waals surface area (Å²) in [5.74, 6) is 2.47. The van der Waals surface area contributed by atoms with Gasteiger partial charge in [-0.25, -0.2) is 0 Å². The van der Waals surface area contributed by atoms with Crippen LogP contribution in [-0.4, -0.2) is 22.3 Å². The van der Waals surface area contributed by atoms with E-state index >= 15 is 0 Å². The van der Waals surface area contributed by atoms with Crippen LogP contribution in [0.15, 0.2) is 11.6 Å². The number of fused-ring (bicyclic) bond motifs is 7. The maximum atomic E-state index is 12.5. The van der Waals surface area contributed by atoms with Crippen LogP contribution in [0.25, 0.3) is 0 Å². The Morgan fingerprint density at radius 2 is 1.66 bits per heavy atom. The Bertz CT molecular complexity index is 758. The van der Waals surface area contributed by atoms with Gasteiger partial charge in [0, 0.05) is 0 Å². The highest BCUT2D eigenvalue weighted by Gasteiger charge is 2.64. The van der Waals surface area contributed by atoms with Crippen LogP contribution in [0.1, 0.15) is 106 Å². The third-order valence-corrected chi connectivity index (χ3v) is 11.6. The van der Waals surface area contributed by atoms with E-state index in [-0.39, 0.29) is 12.0 Å². The average molecular weight is 445 g/mol. The van der Waals surface area contributed by atoms with Gasteiger partial charge in [0.1, 0.15) is 0 Å². The normalized spacial score (nSPS) is 52.1. The molecular weight excluding hydrogens is 396 g/mol. The molecule has 10 unspecified atom stereocenters. The van der Waals surface area contributed by atoms with Crippen molar-refractivity contribution in [1.82, 2.24) is 0 Å². The van der Waals surface area contributed by atoms with Crippen molar-refractivity contribution in [3.8, 4) is 0 Å². The first-order valence-corrected chi connectivity index (χ1v) is 13.8. The number of carbonyl (C=O) groups is 1. The molecule has 2 N–H and O–H groups in total. The number of allylic oxidation sites excluding steroid dienone is 2. The van der Waals surface area contributed by atoms with E-state index in [2.05, 4.69) is 33.8 Å². The summed E-state index contributed by atoms with van der Waals surface area (Å²) in [7, 11) is 0. The van der Waals surface area contributed by atoms with E-state index in [0.29, 0.717) is 40.4 Å². The van der Waals surface area contributed by atoms with Crippen molar-refractivity contribution in [2.24, 2.45) is 51.8 Å². The molecule has 32 heavy (non-hydrogen) atoms. The van der Waals surface area contributed by atoms with Crippen molar-refractivity contribution in [1.29, 1.82) is 0 Å². The highest BCUT2D eigenvalue weighted by molar-refractivity contribution is 5.76. The molecule has 3 nitrogen and oxygen atoms in total. The monoisotopic (exact) mass is 444 g/mol. The van der Waals surface area contributed by atoms with Crippen LogP contribution >= 0.6 is 0 Å². The Kier molecular flexibility index (Phi) is 6.40. The summed E-state index contributed by atoms with van der Waals surface area (Å²) < 4.78 is 0. The van der Waals surface area contributed by atoms with Gasteiger partial charge in [0.25, 0.3) is 0 Å². The van der Waals surface area contributed by atoms with Gasteiger partial charge in [0.2, 0.25) is 0 Å². The first-order chi connectivity index (χ1) is 15.1. The quantitative estimate of drug-likeness (QED) is 0.424. The molecule has 0 aliphatic heterocycles. The molecule has 0 saturated heterocycles. The number of hydrogen-bond acceptors (Lipinski definition) is 2. The second kappa shape index (κ2) is 8.43. The second-order valence-electron chi connectivity index (χ2n) is 12.5. The summed E-state index contributed by atoms with van der Waals surface area (Å²) in [5.41, 5.74) is 1.64. The molecule has 0 aromatic heterocycles. The first kappa shape index (κ1) is 24.3. The lowest BCUT2D eigenvalue weighted by Gasteiger charge is -2.66. The minimum Gasteiger partial charge on any atom is -0.481 e. The van der Waals surface area contributed by atoms with Crippen molar-refractivity contribution < 1.29 is 15.0 Å². The third-order valence-electron chi connectivity index (χ3n) is 11.6. The van der Waals surface area contributed by atoms with Crippen molar-refractivity contribution in [3.05, 3.63) is 11.6 Å². The van der Waals surface area contributed by atoms with Gasteiger partial charge >= 0.3 is 5.97 Å². The van der Waals surface area contributed by atoms with E-state index in [9.17, 15) is 15.0 Å².